The molecule has 4 rings (SSSR count). The quantitative estimate of drug-likeness (QED) is 0.923. The zero-order valence-corrected chi connectivity index (χ0v) is 14.2. The van der Waals surface area contributed by atoms with Gasteiger partial charge < -0.3 is 4.90 Å². The molecule has 5 heteroatoms. The molecule has 1 amide bonds. The van der Waals surface area contributed by atoms with Gasteiger partial charge in [-0.2, -0.15) is 5.10 Å². The molecule has 0 saturated carbocycles. The fraction of sp³-hybridized carbons (Fsp3) is 0.474. The molecule has 2 aromatic rings. The zero-order chi connectivity index (χ0) is 16.5. The van der Waals surface area contributed by atoms with Crippen LogP contribution < -0.4 is 0 Å². The summed E-state index contributed by atoms with van der Waals surface area (Å²) in [4.78, 5) is 17.2. The molecule has 3 heterocycles. The van der Waals surface area contributed by atoms with Crippen LogP contribution in [0.3, 0.4) is 0 Å². The van der Waals surface area contributed by atoms with Crippen LogP contribution in [0.4, 0.5) is 0 Å². The molecule has 1 saturated heterocycles. The minimum atomic E-state index is 0.115. The minimum Gasteiger partial charge on any atom is -0.338 e. The van der Waals surface area contributed by atoms with E-state index in [1.54, 1.807) is 6.20 Å². The summed E-state index contributed by atoms with van der Waals surface area (Å²) in [5, 5.41) is 6.82. The minimum absolute atomic E-state index is 0.115. The monoisotopic (exact) mass is 324 g/mol. The lowest BCUT2D eigenvalue weighted by Crippen LogP contribution is -2.48. The first-order chi connectivity index (χ1) is 11.7. The number of nitrogens with zero attached hydrogens (tertiary/aromatic N) is 3. The highest BCUT2D eigenvalue weighted by Crippen LogP contribution is 2.25. The maximum Gasteiger partial charge on any atom is 0.257 e. The second-order valence-corrected chi connectivity index (χ2v) is 6.92. The van der Waals surface area contributed by atoms with E-state index >= 15 is 0 Å². The maximum absolute atomic E-state index is 12.6. The number of hydrogen-bond acceptors (Lipinski definition) is 3. The van der Waals surface area contributed by atoms with E-state index in [2.05, 4.69) is 39.4 Å². The Morgan fingerprint density at radius 1 is 1.17 bits per heavy atom. The SMILES string of the molecule is Cc1[nH]ncc1C(=O)N1CCC(N2CCc3ccccc3C2)CC1. The van der Waals surface area contributed by atoms with Gasteiger partial charge in [-0.1, -0.05) is 24.3 Å². The van der Waals surface area contributed by atoms with Crippen LogP contribution in [0.25, 0.3) is 0 Å². The van der Waals surface area contributed by atoms with Gasteiger partial charge in [0.05, 0.1) is 11.8 Å². The van der Waals surface area contributed by atoms with E-state index in [1.807, 2.05) is 11.8 Å². The van der Waals surface area contributed by atoms with Crippen molar-refractivity contribution in [3.8, 4) is 0 Å². The van der Waals surface area contributed by atoms with Gasteiger partial charge in [0, 0.05) is 37.9 Å². The zero-order valence-electron chi connectivity index (χ0n) is 14.2. The van der Waals surface area contributed by atoms with E-state index in [0.29, 0.717) is 11.6 Å². The summed E-state index contributed by atoms with van der Waals surface area (Å²) in [6, 6.07) is 9.36. The van der Waals surface area contributed by atoms with E-state index < -0.39 is 0 Å². The Balaban J connectivity index is 1.37. The summed E-state index contributed by atoms with van der Waals surface area (Å²) >= 11 is 0. The smallest absolute Gasteiger partial charge is 0.257 e. The summed E-state index contributed by atoms with van der Waals surface area (Å²) in [6.45, 7) is 5.77. The summed E-state index contributed by atoms with van der Waals surface area (Å²) in [7, 11) is 0. The number of carbonyl (C=O) groups excluding carboxylic acids is 1. The van der Waals surface area contributed by atoms with Crippen LogP contribution in [0.2, 0.25) is 0 Å². The van der Waals surface area contributed by atoms with E-state index in [1.165, 1.54) is 11.1 Å². The van der Waals surface area contributed by atoms with Crippen LogP contribution in [-0.2, 0) is 13.0 Å². The van der Waals surface area contributed by atoms with Crippen molar-refractivity contribution < 1.29 is 4.79 Å². The van der Waals surface area contributed by atoms with E-state index in [0.717, 1.165) is 51.1 Å². The van der Waals surface area contributed by atoms with Gasteiger partial charge in [-0.3, -0.25) is 14.8 Å². The number of likely N-dealkylation sites (tertiary alicyclic amines) is 1. The molecule has 5 nitrogen and oxygen atoms in total. The lowest BCUT2D eigenvalue weighted by molar-refractivity contribution is 0.0599. The van der Waals surface area contributed by atoms with Gasteiger partial charge >= 0.3 is 0 Å². The molecule has 2 aliphatic heterocycles. The normalized spacial score (nSPS) is 19.3. The second kappa shape index (κ2) is 6.40. The summed E-state index contributed by atoms with van der Waals surface area (Å²) in [5.41, 5.74) is 4.53. The third-order valence-corrected chi connectivity index (χ3v) is 5.49. The van der Waals surface area contributed by atoms with Crippen molar-refractivity contribution in [2.45, 2.75) is 38.8 Å². The van der Waals surface area contributed by atoms with E-state index in [-0.39, 0.29) is 5.91 Å². The first kappa shape index (κ1) is 15.4. The number of benzene rings is 1. The van der Waals surface area contributed by atoms with Gasteiger partial charge in [0.15, 0.2) is 0 Å². The number of rotatable bonds is 2. The van der Waals surface area contributed by atoms with Crippen molar-refractivity contribution >= 4 is 5.91 Å². The van der Waals surface area contributed by atoms with Crippen molar-refractivity contribution in [2.75, 3.05) is 19.6 Å². The highest BCUT2D eigenvalue weighted by atomic mass is 16.2. The number of nitrogens with one attached hydrogen (secondary N) is 1. The number of aromatic nitrogens is 2. The van der Waals surface area contributed by atoms with Crippen LogP contribution in [0.1, 0.15) is 40.0 Å². The Hall–Kier alpha value is -2.14. The molecule has 126 valence electrons. The maximum atomic E-state index is 12.6. The molecular weight excluding hydrogens is 300 g/mol. The molecule has 0 unspecified atom stereocenters. The van der Waals surface area contributed by atoms with Crippen LogP contribution in [0.15, 0.2) is 30.5 Å². The highest BCUT2D eigenvalue weighted by Gasteiger charge is 2.29. The number of piperidine rings is 1. The van der Waals surface area contributed by atoms with Crippen molar-refractivity contribution in [3.63, 3.8) is 0 Å². The number of aromatic amines is 1. The summed E-state index contributed by atoms with van der Waals surface area (Å²) in [6.07, 6.45) is 4.91. The van der Waals surface area contributed by atoms with Crippen molar-refractivity contribution in [3.05, 3.63) is 52.8 Å². The van der Waals surface area contributed by atoms with Gasteiger partial charge in [-0.25, -0.2) is 0 Å². The average Bonchev–Trinajstić information content (AvgIpc) is 3.07. The van der Waals surface area contributed by atoms with Gasteiger partial charge in [0.2, 0.25) is 0 Å². The first-order valence-corrected chi connectivity index (χ1v) is 8.82. The van der Waals surface area contributed by atoms with Crippen LogP contribution in [0.5, 0.6) is 0 Å². The topological polar surface area (TPSA) is 52.2 Å². The predicted octanol–water partition coefficient (Wildman–Crippen LogP) is 2.38. The summed E-state index contributed by atoms with van der Waals surface area (Å²) in [5.74, 6) is 0.115. The van der Waals surface area contributed by atoms with E-state index in [9.17, 15) is 4.79 Å². The molecule has 1 N–H and O–H groups in total. The van der Waals surface area contributed by atoms with Gasteiger partial charge in [-0.15, -0.1) is 0 Å². The largest absolute Gasteiger partial charge is 0.338 e. The molecule has 2 aliphatic rings. The fourth-order valence-electron chi connectivity index (χ4n) is 4.00. The number of fused-ring (bicyclic) bond motifs is 1. The predicted molar refractivity (Wildman–Crippen MR) is 92.8 cm³/mol. The highest BCUT2D eigenvalue weighted by molar-refractivity contribution is 5.95. The molecule has 0 radical (unpaired) electrons. The Kier molecular flexibility index (Phi) is 4.10. The van der Waals surface area contributed by atoms with E-state index in [4.69, 9.17) is 0 Å². The molecule has 0 bridgehead atoms. The fourth-order valence-corrected chi connectivity index (χ4v) is 4.00. The van der Waals surface area contributed by atoms with Gasteiger partial charge in [-0.05, 0) is 37.3 Å². The third kappa shape index (κ3) is 2.84. The Morgan fingerprint density at radius 3 is 2.62 bits per heavy atom. The lowest BCUT2D eigenvalue weighted by atomic mass is 9.95. The van der Waals surface area contributed by atoms with Crippen LogP contribution >= 0.6 is 0 Å². The standard InChI is InChI=1S/C19H24N4O/c1-14-18(12-20-21-14)19(24)22-10-7-17(8-11-22)23-9-6-15-4-2-3-5-16(15)13-23/h2-5,12,17H,6-11,13H2,1H3,(H,20,21). The molecule has 24 heavy (non-hydrogen) atoms. The Morgan fingerprint density at radius 2 is 1.92 bits per heavy atom. The second-order valence-electron chi connectivity index (χ2n) is 6.92. The third-order valence-electron chi connectivity index (χ3n) is 5.49. The number of hydrogen-bond donors (Lipinski definition) is 1. The molecule has 0 spiro atoms. The van der Waals surface area contributed by atoms with Gasteiger partial charge in [0.25, 0.3) is 5.91 Å². The van der Waals surface area contributed by atoms with Crippen molar-refractivity contribution in [2.24, 2.45) is 0 Å². The molecule has 1 aromatic carbocycles. The summed E-state index contributed by atoms with van der Waals surface area (Å²) < 4.78 is 0. The van der Waals surface area contributed by atoms with Crippen LogP contribution in [-0.4, -0.2) is 51.6 Å². The van der Waals surface area contributed by atoms with Gasteiger partial charge in [0.1, 0.15) is 0 Å². The number of H-pyrrole nitrogens is 1. The number of aryl methyl sites for hydroxylation is 1. The molecule has 0 aliphatic carbocycles. The lowest BCUT2D eigenvalue weighted by Gasteiger charge is -2.40. The number of carbonyl (C=O) groups is 1. The van der Waals surface area contributed by atoms with Crippen molar-refractivity contribution in [1.29, 1.82) is 0 Å². The Labute approximate surface area is 142 Å². The van der Waals surface area contributed by atoms with Crippen molar-refractivity contribution in [1.82, 2.24) is 20.0 Å². The number of amides is 1. The molecular formula is C19H24N4O. The Bertz CT molecular complexity index is 730. The molecule has 0 atom stereocenters. The molecule has 1 fully saturated rings. The first-order valence-electron chi connectivity index (χ1n) is 8.82. The average molecular weight is 324 g/mol. The van der Waals surface area contributed by atoms with Crippen LogP contribution in [0, 0.1) is 6.92 Å². The molecule has 1 aromatic heterocycles.